The Morgan fingerprint density at radius 1 is 1.09 bits per heavy atom. The van der Waals surface area contributed by atoms with Gasteiger partial charge in [0.15, 0.2) is 0 Å². The number of nitrogens with zero attached hydrogens (tertiary/aromatic N) is 4. The molecule has 3 heterocycles. The predicted molar refractivity (Wildman–Crippen MR) is 133 cm³/mol. The van der Waals surface area contributed by atoms with Crippen LogP contribution < -0.4 is 4.74 Å². The monoisotopic (exact) mass is 516 g/mol. The first-order valence-corrected chi connectivity index (χ1v) is 13.3. The van der Waals surface area contributed by atoms with E-state index < -0.39 is 0 Å². The van der Waals surface area contributed by atoms with Crippen molar-refractivity contribution in [3.63, 3.8) is 0 Å². The minimum atomic E-state index is -0.103. The van der Waals surface area contributed by atoms with Crippen molar-refractivity contribution in [3.8, 4) is 17.1 Å². The molecule has 0 aliphatic heterocycles. The highest BCUT2D eigenvalue weighted by Crippen LogP contribution is 2.55. The molecule has 3 aromatic heterocycles. The smallest absolute Gasteiger partial charge is 0.211 e. The highest BCUT2D eigenvalue weighted by atomic mass is 35.5. The minimum absolute atomic E-state index is 0.103. The molecule has 0 atom stereocenters. The number of hydrogen-bond acceptors (Lipinski definition) is 6. The highest BCUT2D eigenvalue weighted by molar-refractivity contribution is 6.38. The maximum atomic E-state index is 6.74. The third-order valence-corrected chi connectivity index (χ3v) is 8.79. The van der Waals surface area contributed by atoms with Crippen LogP contribution in [0.4, 0.5) is 0 Å². The zero-order valence-corrected chi connectivity index (χ0v) is 21.4. The Bertz CT molecular complexity index is 1170. The molecule has 4 saturated carbocycles. The summed E-state index contributed by atoms with van der Waals surface area (Å²) in [6.45, 7) is 4.10. The summed E-state index contributed by atoms with van der Waals surface area (Å²) >= 11 is 12.9. The Balaban J connectivity index is 1.16. The minimum Gasteiger partial charge on any atom is -0.477 e. The Labute approximate surface area is 215 Å². The zero-order chi connectivity index (χ0) is 24.0. The fraction of sp³-hybridized carbons (Fsp3) is 0.577. The molecule has 7 nitrogen and oxygen atoms in total. The Morgan fingerprint density at radius 3 is 2.46 bits per heavy atom. The number of hydrogen-bond donors (Lipinski definition) is 0. The lowest BCUT2D eigenvalue weighted by atomic mass is 9.59. The molecule has 0 N–H and O–H groups in total. The maximum Gasteiger partial charge on any atom is 0.211 e. The first kappa shape index (κ1) is 23.3. The summed E-state index contributed by atoms with van der Waals surface area (Å²) in [5.74, 6) is 2.19. The number of fused-ring (bicyclic) bond motifs is 3. The number of pyridine rings is 1. The van der Waals surface area contributed by atoms with E-state index in [1.54, 1.807) is 18.6 Å². The van der Waals surface area contributed by atoms with Crippen LogP contribution in [0, 0.1) is 5.41 Å². The fourth-order valence-electron chi connectivity index (χ4n) is 5.76. The molecular formula is C26H30Cl2N4O3. The van der Waals surface area contributed by atoms with Gasteiger partial charge in [-0.2, -0.15) is 5.10 Å². The molecule has 2 bridgehead atoms. The summed E-state index contributed by atoms with van der Waals surface area (Å²) in [7, 11) is 0. The van der Waals surface area contributed by atoms with E-state index in [4.69, 9.17) is 37.2 Å². The van der Waals surface area contributed by atoms with Gasteiger partial charge in [0, 0.05) is 47.5 Å². The van der Waals surface area contributed by atoms with Gasteiger partial charge in [-0.3, -0.25) is 4.98 Å². The number of aromatic nitrogens is 4. The van der Waals surface area contributed by atoms with Crippen molar-refractivity contribution in [2.45, 2.75) is 83.0 Å². The predicted octanol–water partition coefficient (Wildman–Crippen LogP) is 6.83. The van der Waals surface area contributed by atoms with Gasteiger partial charge in [0.25, 0.3) is 0 Å². The van der Waals surface area contributed by atoms with Crippen molar-refractivity contribution in [3.05, 3.63) is 46.0 Å². The fourth-order valence-corrected chi connectivity index (χ4v) is 6.30. The summed E-state index contributed by atoms with van der Waals surface area (Å²) in [6, 6.07) is 1.95. The summed E-state index contributed by atoms with van der Waals surface area (Å²) in [5.41, 5.74) is 2.46. The van der Waals surface area contributed by atoms with Crippen LogP contribution in [0.5, 0.6) is 5.88 Å². The Morgan fingerprint density at radius 2 is 1.80 bits per heavy atom. The van der Waals surface area contributed by atoms with Crippen molar-refractivity contribution in [1.29, 1.82) is 0 Å². The van der Waals surface area contributed by atoms with Crippen LogP contribution in [-0.4, -0.2) is 32.1 Å². The molecule has 0 spiro atoms. The molecule has 35 heavy (non-hydrogen) atoms. The second-order valence-electron chi connectivity index (χ2n) is 10.4. The average molecular weight is 517 g/mol. The van der Waals surface area contributed by atoms with Gasteiger partial charge in [0.2, 0.25) is 5.88 Å². The van der Waals surface area contributed by atoms with Crippen molar-refractivity contribution < 1.29 is 14.0 Å². The molecule has 0 amide bonds. The molecule has 4 aliphatic rings. The van der Waals surface area contributed by atoms with Crippen molar-refractivity contribution in [2.75, 3.05) is 6.61 Å². The van der Waals surface area contributed by atoms with Crippen molar-refractivity contribution in [2.24, 2.45) is 5.41 Å². The molecule has 0 radical (unpaired) electrons. The number of halogens is 2. The van der Waals surface area contributed by atoms with E-state index in [0.717, 1.165) is 81.7 Å². The summed E-state index contributed by atoms with van der Waals surface area (Å²) in [4.78, 5) is 4.08. The summed E-state index contributed by atoms with van der Waals surface area (Å²) in [5, 5.41) is 9.65. The molecular weight excluding hydrogens is 487 g/mol. The van der Waals surface area contributed by atoms with Gasteiger partial charge >= 0.3 is 0 Å². The van der Waals surface area contributed by atoms with Crippen LogP contribution in [0.3, 0.4) is 0 Å². The third kappa shape index (κ3) is 4.36. The van der Waals surface area contributed by atoms with Crippen LogP contribution in [0.1, 0.15) is 75.5 Å². The molecule has 0 aromatic carbocycles. The first-order chi connectivity index (χ1) is 17.0. The second kappa shape index (κ2) is 9.09. The lowest BCUT2D eigenvalue weighted by Gasteiger charge is -2.52. The molecule has 3 aromatic rings. The molecule has 186 valence electrons. The van der Waals surface area contributed by atoms with Gasteiger partial charge in [-0.15, -0.1) is 0 Å². The van der Waals surface area contributed by atoms with Crippen LogP contribution >= 0.6 is 23.2 Å². The third-order valence-electron chi connectivity index (χ3n) is 8.22. The summed E-state index contributed by atoms with van der Waals surface area (Å²) in [6.07, 6.45) is 13.7. The van der Waals surface area contributed by atoms with E-state index in [1.165, 1.54) is 0 Å². The summed E-state index contributed by atoms with van der Waals surface area (Å²) < 4.78 is 20.7. The van der Waals surface area contributed by atoms with Crippen molar-refractivity contribution >= 4 is 23.2 Å². The van der Waals surface area contributed by atoms with Gasteiger partial charge < -0.3 is 14.0 Å². The molecule has 9 heteroatoms. The van der Waals surface area contributed by atoms with Gasteiger partial charge in [-0.1, -0.05) is 28.4 Å². The first-order valence-electron chi connectivity index (χ1n) is 12.6. The van der Waals surface area contributed by atoms with Crippen LogP contribution in [-0.2, 0) is 17.9 Å². The highest BCUT2D eigenvalue weighted by Gasteiger charge is 2.50. The molecule has 7 rings (SSSR count). The van der Waals surface area contributed by atoms with Crippen LogP contribution in [0.2, 0.25) is 10.0 Å². The van der Waals surface area contributed by atoms with E-state index in [-0.39, 0.29) is 11.0 Å². The van der Waals surface area contributed by atoms with Crippen LogP contribution in [0.15, 0.2) is 29.2 Å². The van der Waals surface area contributed by atoms with E-state index >= 15 is 0 Å². The topological polar surface area (TPSA) is 75.2 Å². The second-order valence-corrected chi connectivity index (χ2v) is 11.2. The molecule has 4 aliphatic carbocycles. The maximum absolute atomic E-state index is 6.74. The van der Waals surface area contributed by atoms with Crippen LogP contribution in [0.25, 0.3) is 11.3 Å². The van der Waals surface area contributed by atoms with E-state index in [2.05, 4.69) is 22.2 Å². The normalized spacial score (nSPS) is 25.8. The molecule has 0 saturated heterocycles. The zero-order valence-electron chi connectivity index (χ0n) is 19.9. The molecule has 0 unspecified atom stereocenters. The van der Waals surface area contributed by atoms with Gasteiger partial charge in [0.05, 0.1) is 35.1 Å². The SMILES string of the molecule is CCn1nccc1OCC12CCC(OCc3c(-c4c(Cl)cncc4Cl)noc3C3CC3)(CC1)CC2. The standard InChI is InChI=1S/C26H30Cl2N4O3/c1-2-32-21(5-12-30-32)33-16-25-6-9-26(10-7-25,11-8-25)34-15-18-23(31-35-24(18)17-3-4-17)22-19(27)13-29-14-20(22)28/h5,12-14,17H,2-4,6-11,15-16H2,1H3. The largest absolute Gasteiger partial charge is 0.477 e. The number of ether oxygens (including phenoxy) is 2. The van der Waals surface area contributed by atoms with E-state index in [9.17, 15) is 0 Å². The Kier molecular flexibility index (Phi) is 6.06. The lowest BCUT2D eigenvalue weighted by molar-refractivity contribution is -0.150. The molecule has 4 fully saturated rings. The van der Waals surface area contributed by atoms with E-state index in [1.807, 2.05) is 10.7 Å². The van der Waals surface area contributed by atoms with Gasteiger partial charge in [-0.05, 0) is 58.3 Å². The average Bonchev–Trinajstić information content (AvgIpc) is 3.47. The van der Waals surface area contributed by atoms with Crippen molar-refractivity contribution in [1.82, 2.24) is 19.9 Å². The lowest BCUT2D eigenvalue weighted by Crippen LogP contribution is -2.49. The quantitative estimate of drug-likeness (QED) is 0.310. The Hall–Kier alpha value is -2.09. The van der Waals surface area contributed by atoms with Gasteiger partial charge in [0.1, 0.15) is 11.5 Å². The number of rotatable bonds is 9. The van der Waals surface area contributed by atoms with E-state index in [0.29, 0.717) is 33.8 Å². The van der Waals surface area contributed by atoms with Gasteiger partial charge in [-0.25, -0.2) is 4.68 Å². The number of aryl methyl sites for hydroxylation is 1.